The minimum Gasteiger partial charge on any atom is -0.337 e. The van der Waals surface area contributed by atoms with E-state index in [0.29, 0.717) is 28.4 Å². The molecule has 0 aliphatic carbocycles. The molecule has 7 heteroatoms. The number of piperidine rings is 1. The Morgan fingerprint density at radius 2 is 2.00 bits per heavy atom. The maximum atomic E-state index is 12.8. The van der Waals surface area contributed by atoms with Gasteiger partial charge in [-0.25, -0.2) is 4.98 Å². The van der Waals surface area contributed by atoms with Gasteiger partial charge in [0.05, 0.1) is 16.7 Å². The van der Waals surface area contributed by atoms with Crippen LogP contribution in [0.15, 0.2) is 32.6 Å². The van der Waals surface area contributed by atoms with Crippen LogP contribution in [0.4, 0.5) is 0 Å². The van der Waals surface area contributed by atoms with Crippen LogP contribution in [0.2, 0.25) is 0 Å². The first-order chi connectivity index (χ1) is 12.4. The van der Waals surface area contributed by atoms with E-state index in [1.54, 1.807) is 10.6 Å². The SMILES string of the molecule is CCn1c(SCC(=O)N2C(C)CCCC2C)nc2ccc(Br)cc2c1=O. The predicted octanol–water partition coefficient (Wildman–Crippen LogP) is 4.06. The number of hydrogen-bond acceptors (Lipinski definition) is 4. The first kappa shape index (κ1) is 19.4. The fourth-order valence-corrected chi connectivity index (χ4v) is 4.97. The van der Waals surface area contributed by atoms with Crippen molar-refractivity contribution >= 4 is 44.5 Å². The smallest absolute Gasteiger partial charge is 0.262 e. The number of aromatic nitrogens is 2. The lowest BCUT2D eigenvalue weighted by molar-refractivity contribution is -0.134. The molecule has 0 radical (unpaired) electrons. The molecule has 1 fully saturated rings. The van der Waals surface area contributed by atoms with Gasteiger partial charge in [0.15, 0.2) is 5.16 Å². The van der Waals surface area contributed by atoms with Crippen LogP contribution < -0.4 is 5.56 Å². The molecule has 0 N–H and O–H groups in total. The third-order valence-electron chi connectivity index (χ3n) is 5.00. The highest BCUT2D eigenvalue weighted by molar-refractivity contribution is 9.10. The summed E-state index contributed by atoms with van der Waals surface area (Å²) in [5, 5.41) is 1.20. The van der Waals surface area contributed by atoms with Crippen LogP contribution in [-0.4, -0.2) is 38.2 Å². The number of thioether (sulfide) groups is 1. The zero-order valence-corrected chi connectivity index (χ0v) is 17.8. The van der Waals surface area contributed by atoms with Gasteiger partial charge in [0.1, 0.15) is 0 Å². The van der Waals surface area contributed by atoms with E-state index in [-0.39, 0.29) is 23.6 Å². The van der Waals surface area contributed by atoms with Crippen LogP contribution >= 0.6 is 27.7 Å². The molecule has 2 atom stereocenters. The topological polar surface area (TPSA) is 55.2 Å². The van der Waals surface area contributed by atoms with Crippen LogP contribution in [0.25, 0.3) is 10.9 Å². The van der Waals surface area contributed by atoms with Gasteiger partial charge in [-0.3, -0.25) is 14.2 Å². The van der Waals surface area contributed by atoms with Crippen LogP contribution in [0.1, 0.15) is 40.0 Å². The lowest BCUT2D eigenvalue weighted by Crippen LogP contribution is -2.48. The van der Waals surface area contributed by atoms with Gasteiger partial charge < -0.3 is 4.90 Å². The molecule has 1 aliphatic rings. The second kappa shape index (κ2) is 8.13. The monoisotopic (exact) mass is 437 g/mol. The average Bonchev–Trinajstić information content (AvgIpc) is 2.60. The number of carbonyl (C=O) groups excluding carboxylic acids is 1. The number of hydrogen-bond donors (Lipinski definition) is 0. The molecule has 26 heavy (non-hydrogen) atoms. The van der Waals surface area contributed by atoms with Gasteiger partial charge in [-0.15, -0.1) is 0 Å². The van der Waals surface area contributed by atoms with E-state index >= 15 is 0 Å². The minimum atomic E-state index is -0.0616. The van der Waals surface area contributed by atoms with Gasteiger partial charge in [0.2, 0.25) is 5.91 Å². The number of nitrogens with zero attached hydrogens (tertiary/aromatic N) is 3. The van der Waals surface area contributed by atoms with E-state index in [9.17, 15) is 9.59 Å². The van der Waals surface area contributed by atoms with Crippen LogP contribution in [0.3, 0.4) is 0 Å². The summed E-state index contributed by atoms with van der Waals surface area (Å²) in [6.45, 7) is 6.69. The Morgan fingerprint density at radius 1 is 1.31 bits per heavy atom. The molecule has 140 valence electrons. The lowest BCUT2D eigenvalue weighted by Gasteiger charge is -2.39. The number of benzene rings is 1. The summed E-state index contributed by atoms with van der Waals surface area (Å²) in [5.41, 5.74) is 0.603. The predicted molar refractivity (Wildman–Crippen MR) is 110 cm³/mol. The number of carbonyl (C=O) groups is 1. The van der Waals surface area contributed by atoms with Gasteiger partial charge in [0.25, 0.3) is 5.56 Å². The fourth-order valence-electron chi connectivity index (χ4n) is 3.68. The molecular weight excluding hydrogens is 414 g/mol. The van der Waals surface area contributed by atoms with Crippen LogP contribution in [0, 0.1) is 0 Å². The number of fused-ring (bicyclic) bond motifs is 1. The Balaban J connectivity index is 1.85. The molecule has 3 rings (SSSR count). The molecule has 2 aromatic rings. The van der Waals surface area contributed by atoms with Crippen molar-refractivity contribution in [3.63, 3.8) is 0 Å². The zero-order chi connectivity index (χ0) is 18.8. The molecule has 1 amide bonds. The van der Waals surface area contributed by atoms with Gasteiger partial charge in [-0.05, 0) is 58.2 Å². The van der Waals surface area contributed by atoms with Gasteiger partial charge in [0, 0.05) is 23.1 Å². The summed E-state index contributed by atoms with van der Waals surface area (Å²) in [6.07, 6.45) is 3.30. The van der Waals surface area contributed by atoms with E-state index in [0.717, 1.165) is 17.3 Å². The average molecular weight is 438 g/mol. The Labute approximate surface area is 166 Å². The van der Waals surface area contributed by atoms with Crippen molar-refractivity contribution in [3.05, 3.63) is 33.0 Å². The van der Waals surface area contributed by atoms with E-state index in [2.05, 4.69) is 34.8 Å². The first-order valence-corrected chi connectivity index (χ1v) is 10.8. The fraction of sp³-hybridized carbons (Fsp3) is 0.526. The highest BCUT2D eigenvalue weighted by atomic mass is 79.9. The van der Waals surface area contributed by atoms with Crippen molar-refractivity contribution < 1.29 is 4.79 Å². The normalized spacial score (nSPS) is 20.5. The molecule has 1 saturated heterocycles. The molecule has 1 aromatic heterocycles. The van der Waals surface area contributed by atoms with Gasteiger partial charge >= 0.3 is 0 Å². The van der Waals surface area contributed by atoms with E-state index in [1.807, 2.05) is 24.0 Å². The number of amides is 1. The Kier molecular flexibility index (Phi) is 6.07. The Bertz CT molecular complexity index is 873. The quantitative estimate of drug-likeness (QED) is 0.534. The highest BCUT2D eigenvalue weighted by Crippen LogP contribution is 2.25. The largest absolute Gasteiger partial charge is 0.337 e. The van der Waals surface area contributed by atoms with Crippen molar-refractivity contribution in [1.82, 2.24) is 14.5 Å². The second-order valence-corrected chi connectivity index (χ2v) is 8.68. The summed E-state index contributed by atoms with van der Waals surface area (Å²) < 4.78 is 2.51. The molecule has 1 aromatic carbocycles. The molecule has 0 bridgehead atoms. The minimum absolute atomic E-state index is 0.0616. The lowest BCUT2D eigenvalue weighted by atomic mass is 9.98. The summed E-state index contributed by atoms with van der Waals surface area (Å²) in [4.78, 5) is 32.2. The highest BCUT2D eigenvalue weighted by Gasteiger charge is 2.29. The molecular formula is C19H24BrN3O2S. The Morgan fingerprint density at radius 3 is 2.65 bits per heavy atom. The maximum Gasteiger partial charge on any atom is 0.262 e. The number of halogens is 1. The molecule has 0 saturated carbocycles. The zero-order valence-electron chi connectivity index (χ0n) is 15.4. The number of rotatable bonds is 4. The summed E-state index contributed by atoms with van der Waals surface area (Å²) >= 11 is 4.76. The van der Waals surface area contributed by atoms with Crippen LogP contribution in [-0.2, 0) is 11.3 Å². The van der Waals surface area contributed by atoms with E-state index in [4.69, 9.17) is 0 Å². The molecule has 0 spiro atoms. The van der Waals surface area contributed by atoms with Crippen molar-refractivity contribution in [3.8, 4) is 0 Å². The van der Waals surface area contributed by atoms with Crippen molar-refractivity contribution in [2.75, 3.05) is 5.75 Å². The van der Waals surface area contributed by atoms with Crippen molar-refractivity contribution in [1.29, 1.82) is 0 Å². The maximum absolute atomic E-state index is 12.8. The summed E-state index contributed by atoms with van der Waals surface area (Å²) in [6, 6.07) is 6.07. The van der Waals surface area contributed by atoms with E-state index in [1.165, 1.54) is 18.2 Å². The number of likely N-dealkylation sites (tertiary alicyclic amines) is 1. The van der Waals surface area contributed by atoms with Gasteiger partial charge in [-0.1, -0.05) is 27.7 Å². The first-order valence-electron chi connectivity index (χ1n) is 9.06. The second-order valence-electron chi connectivity index (χ2n) is 6.82. The summed E-state index contributed by atoms with van der Waals surface area (Å²) in [5.74, 6) is 0.436. The van der Waals surface area contributed by atoms with Crippen molar-refractivity contribution in [2.24, 2.45) is 0 Å². The summed E-state index contributed by atoms with van der Waals surface area (Å²) in [7, 11) is 0. The van der Waals surface area contributed by atoms with E-state index < -0.39 is 0 Å². The van der Waals surface area contributed by atoms with Crippen molar-refractivity contribution in [2.45, 2.75) is 63.8 Å². The third kappa shape index (κ3) is 3.83. The molecule has 2 heterocycles. The van der Waals surface area contributed by atoms with Gasteiger partial charge in [-0.2, -0.15) is 0 Å². The third-order valence-corrected chi connectivity index (χ3v) is 6.46. The molecule has 5 nitrogen and oxygen atoms in total. The molecule has 1 aliphatic heterocycles. The standard InChI is InChI=1S/C19H24BrN3O2S/c1-4-22-18(25)15-10-14(20)8-9-16(15)21-19(22)26-11-17(24)23-12(2)6-5-7-13(23)3/h8-10,12-13H,4-7,11H2,1-3H3. The molecule has 2 unspecified atom stereocenters. The Hall–Kier alpha value is -1.34. The van der Waals surface area contributed by atoms with Crippen LogP contribution in [0.5, 0.6) is 0 Å².